The van der Waals surface area contributed by atoms with Gasteiger partial charge in [0.05, 0.1) is 11.4 Å². The zero-order chi connectivity index (χ0) is 30.5. The van der Waals surface area contributed by atoms with Gasteiger partial charge < -0.3 is 4.74 Å². The molecule has 7 aromatic carbocycles. The average molecular weight is 591 g/mol. The monoisotopic (exact) mass is 590 g/mol. The van der Waals surface area contributed by atoms with Crippen molar-refractivity contribution in [2.45, 2.75) is 0 Å². The van der Waals surface area contributed by atoms with Gasteiger partial charge in [0.15, 0.2) is 23.1 Å². The van der Waals surface area contributed by atoms with Crippen molar-refractivity contribution in [2.24, 2.45) is 0 Å². The molecule has 5 nitrogen and oxygen atoms in total. The molecule has 5 heteroatoms. The van der Waals surface area contributed by atoms with Crippen LogP contribution in [0.25, 0.3) is 55.4 Å². The minimum Gasteiger partial charge on any atom is -0.453 e. The van der Waals surface area contributed by atoms with Gasteiger partial charge >= 0.3 is 0 Å². The van der Waals surface area contributed by atoms with Gasteiger partial charge in [-0.15, -0.1) is 0 Å². The normalized spacial score (nSPS) is 12.0. The Bertz CT molecular complexity index is 2370. The van der Waals surface area contributed by atoms with Crippen LogP contribution in [0.15, 0.2) is 158 Å². The van der Waals surface area contributed by atoms with Crippen LogP contribution in [0, 0.1) is 0 Å². The Hall–Kier alpha value is -6.33. The van der Waals surface area contributed by atoms with Crippen LogP contribution in [-0.2, 0) is 0 Å². The van der Waals surface area contributed by atoms with E-state index in [4.69, 9.17) is 19.7 Å². The summed E-state index contributed by atoms with van der Waals surface area (Å²) in [4.78, 5) is 17.5. The van der Waals surface area contributed by atoms with Crippen LogP contribution in [-0.4, -0.2) is 15.0 Å². The molecule has 9 rings (SSSR count). The third-order valence-electron chi connectivity index (χ3n) is 8.53. The Morgan fingerprint density at radius 1 is 0.391 bits per heavy atom. The number of para-hydroxylation sites is 4. The molecule has 0 N–H and O–H groups in total. The predicted molar refractivity (Wildman–Crippen MR) is 186 cm³/mol. The first-order chi connectivity index (χ1) is 22.8. The van der Waals surface area contributed by atoms with Crippen LogP contribution in [0.4, 0.5) is 17.3 Å². The quantitative estimate of drug-likeness (QED) is 0.204. The number of fused-ring (bicyclic) bond motifs is 4. The molecule has 1 aliphatic heterocycles. The molecular weight excluding hydrogens is 564 g/mol. The van der Waals surface area contributed by atoms with Crippen LogP contribution >= 0.6 is 0 Å². The molecule has 1 aliphatic rings. The lowest BCUT2D eigenvalue weighted by molar-refractivity contribution is 0.476. The summed E-state index contributed by atoms with van der Waals surface area (Å²) in [5.41, 5.74) is 5.96. The zero-order valence-corrected chi connectivity index (χ0v) is 24.7. The third kappa shape index (κ3) is 4.29. The van der Waals surface area contributed by atoms with E-state index in [2.05, 4.69) is 83.8 Å². The van der Waals surface area contributed by atoms with Gasteiger partial charge in [0.25, 0.3) is 0 Å². The molecule has 0 fully saturated rings. The zero-order valence-electron chi connectivity index (χ0n) is 24.7. The summed E-state index contributed by atoms with van der Waals surface area (Å²) in [6.45, 7) is 0. The molecule has 0 atom stereocenters. The fraction of sp³-hybridized carbons (Fsp3) is 0. The third-order valence-corrected chi connectivity index (χ3v) is 8.53. The number of anilines is 3. The van der Waals surface area contributed by atoms with Crippen molar-refractivity contribution in [3.8, 4) is 45.4 Å². The summed E-state index contributed by atoms with van der Waals surface area (Å²) >= 11 is 0. The van der Waals surface area contributed by atoms with Crippen molar-refractivity contribution in [1.29, 1.82) is 0 Å². The molecule has 0 saturated carbocycles. The van der Waals surface area contributed by atoms with Gasteiger partial charge in [0.1, 0.15) is 0 Å². The highest BCUT2D eigenvalue weighted by Crippen LogP contribution is 2.49. The lowest BCUT2D eigenvalue weighted by atomic mass is 9.92. The molecule has 1 aromatic heterocycles. The molecule has 0 bridgehead atoms. The Morgan fingerprint density at radius 3 is 1.67 bits per heavy atom. The fourth-order valence-electron chi connectivity index (χ4n) is 6.42. The standard InChI is InChI=1S/C41H26N4O/c1-2-14-28(15-3-1)39-42-40(44-41(43-39)45-35-23-6-8-25-37(35)46-38-26-9-7-24-36(38)45)34-22-12-20-32-31(19-11-21-33(32)34)30-18-10-16-27-13-4-5-17-29(27)30/h1-26H. The first-order valence-electron chi connectivity index (χ1n) is 15.3. The topological polar surface area (TPSA) is 51.1 Å². The summed E-state index contributed by atoms with van der Waals surface area (Å²) in [7, 11) is 0. The first-order valence-corrected chi connectivity index (χ1v) is 15.3. The predicted octanol–water partition coefficient (Wildman–Crippen LogP) is 10.8. The largest absolute Gasteiger partial charge is 0.453 e. The number of nitrogens with zero attached hydrogens (tertiary/aromatic N) is 4. The van der Waals surface area contributed by atoms with Gasteiger partial charge in [0, 0.05) is 11.1 Å². The number of hydrogen-bond donors (Lipinski definition) is 0. The van der Waals surface area contributed by atoms with Crippen LogP contribution in [0.2, 0.25) is 0 Å². The number of benzene rings is 7. The number of ether oxygens (including phenoxy) is 1. The van der Waals surface area contributed by atoms with Crippen LogP contribution in [0.1, 0.15) is 0 Å². The molecular formula is C41H26N4O. The minimum atomic E-state index is 0.522. The molecule has 2 heterocycles. The molecule has 8 aromatic rings. The van der Waals surface area contributed by atoms with E-state index in [0.717, 1.165) is 44.8 Å². The van der Waals surface area contributed by atoms with E-state index in [1.54, 1.807) is 0 Å². The molecule has 0 saturated heterocycles. The number of aromatic nitrogens is 3. The number of rotatable bonds is 4. The Balaban J connectivity index is 1.29. The van der Waals surface area contributed by atoms with E-state index in [1.165, 1.54) is 21.9 Å². The summed E-state index contributed by atoms with van der Waals surface area (Å²) in [6.07, 6.45) is 0. The van der Waals surface area contributed by atoms with Crippen molar-refractivity contribution in [2.75, 3.05) is 4.90 Å². The van der Waals surface area contributed by atoms with Crippen molar-refractivity contribution in [3.63, 3.8) is 0 Å². The SMILES string of the molecule is c1ccc(-c2nc(-c3cccc4c(-c5cccc6ccccc56)cccc34)nc(N3c4ccccc4Oc4ccccc43)n2)cc1. The number of hydrogen-bond acceptors (Lipinski definition) is 5. The van der Waals surface area contributed by atoms with Gasteiger partial charge in [-0.3, -0.25) is 4.90 Å². The minimum absolute atomic E-state index is 0.522. The second-order valence-corrected chi connectivity index (χ2v) is 11.3. The lowest BCUT2D eigenvalue weighted by Crippen LogP contribution is -2.19. The van der Waals surface area contributed by atoms with E-state index in [9.17, 15) is 0 Å². The van der Waals surface area contributed by atoms with Crippen LogP contribution in [0.3, 0.4) is 0 Å². The maximum atomic E-state index is 6.29. The van der Waals surface area contributed by atoms with Gasteiger partial charge in [-0.1, -0.05) is 133 Å². The van der Waals surface area contributed by atoms with E-state index in [-0.39, 0.29) is 0 Å². The highest BCUT2D eigenvalue weighted by Gasteiger charge is 2.28. The Labute approximate surface area is 266 Å². The lowest BCUT2D eigenvalue weighted by Gasteiger charge is -2.31. The second kappa shape index (κ2) is 10.7. The van der Waals surface area contributed by atoms with Crippen molar-refractivity contribution in [3.05, 3.63) is 158 Å². The van der Waals surface area contributed by atoms with Gasteiger partial charge in [-0.25, -0.2) is 4.98 Å². The summed E-state index contributed by atoms with van der Waals surface area (Å²) in [6, 6.07) is 53.9. The maximum Gasteiger partial charge on any atom is 0.239 e. The van der Waals surface area contributed by atoms with Crippen LogP contribution in [0.5, 0.6) is 11.5 Å². The molecule has 0 unspecified atom stereocenters. The van der Waals surface area contributed by atoms with E-state index in [0.29, 0.717) is 17.6 Å². The molecule has 46 heavy (non-hydrogen) atoms. The Morgan fingerprint density at radius 2 is 0.913 bits per heavy atom. The van der Waals surface area contributed by atoms with E-state index >= 15 is 0 Å². The second-order valence-electron chi connectivity index (χ2n) is 11.3. The highest BCUT2D eigenvalue weighted by atomic mass is 16.5. The van der Waals surface area contributed by atoms with Crippen molar-refractivity contribution >= 4 is 38.9 Å². The van der Waals surface area contributed by atoms with Gasteiger partial charge in [0.2, 0.25) is 5.95 Å². The summed E-state index contributed by atoms with van der Waals surface area (Å²) in [5.74, 6) is 3.22. The molecule has 216 valence electrons. The summed E-state index contributed by atoms with van der Waals surface area (Å²) in [5, 5.41) is 4.66. The fourth-order valence-corrected chi connectivity index (χ4v) is 6.42. The highest BCUT2D eigenvalue weighted by molar-refractivity contribution is 6.08. The van der Waals surface area contributed by atoms with Gasteiger partial charge in [-0.05, 0) is 56.9 Å². The van der Waals surface area contributed by atoms with Crippen molar-refractivity contribution in [1.82, 2.24) is 15.0 Å². The molecule has 0 spiro atoms. The van der Waals surface area contributed by atoms with Gasteiger partial charge in [-0.2, -0.15) is 9.97 Å². The average Bonchev–Trinajstić information content (AvgIpc) is 3.13. The summed E-state index contributed by atoms with van der Waals surface area (Å²) < 4.78 is 6.29. The maximum absolute atomic E-state index is 6.29. The van der Waals surface area contributed by atoms with E-state index in [1.807, 2.05) is 78.9 Å². The molecule has 0 radical (unpaired) electrons. The smallest absolute Gasteiger partial charge is 0.239 e. The van der Waals surface area contributed by atoms with Crippen molar-refractivity contribution < 1.29 is 4.74 Å². The van der Waals surface area contributed by atoms with E-state index < -0.39 is 0 Å². The first kappa shape index (κ1) is 26.1. The molecule has 0 amide bonds. The Kier molecular flexibility index (Phi) is 6.06. The van der Waals surface area contributed by atoms with Crippen LogP contribution < -0.4 is 9.64 Å². The molecule has 0 aliphatic carbocycles.